The SMILES string of the molecule is CC(=O)c1cccc(NC(=O)C(C)(C)C(=O)NCCN(C)C)c1. The van der Waals surface area contributed by atoms with Gasteiger partial charge in [-0.05, 0) is 47.0 Å². The van der Waals surface area contributed by atoms with Gasteiger partial charge in [-0.25, -0.2) is 0 Å². The summed E-state index contributed by atoms with van der Waals surface area (Å²) in [7, 11) is 3.82. The second-order valence-corrected chi connectivity index (χ2v) is 6.28. The maximum atomic E-state index is 12.4. The highest BCUT2D eigenvalue weighted by molar-refractivity contribution is 6.10. The van der Waals surface area contributed by atoms with Gasteiger partial charge in [0, 0.05) is 24.3 Å². The summed E-state index contributed by atoms with van der Waals surface area (Å²) in [6, 6.07) is 6.65. The smallest absolute Gasteiger partial charge is 0.239 e. The van der Waals surface area contributed by atoms with Crippen molar-refractivity contribution in [2.45, 2.75) is 20.8 Å². The Labute approximate surface area is 137 Å². The van der Waals surface area contributed by atoms with Crippen LogP contribution in [0.4, 0.5) is 5.69 Å². The first-order valence-corrected chi connectivity index (χ1v) is 7.50. The van der Waals surface area contributed by atoms with Crippen molar-refractivity contribution in [2.75, 3.05) is 32.5 Å². The molecule has 0 heterocycles. The monoisotopic (exact) mass is 319 g/mol. The van der Waals surface area contributed by atoms with Crippen LogP contribution in [-0.4, -0.2) is 49.7 Å². The summed E-state index contributed by atoms with van der Waals surface area (Å²) in [6.45, 7) is 5.78. The lowest BCUT2D eigenvalue weighted by molar-refractivity contribution is -0.138. The fourth-order valence-electron chi connectivity index (χ4n) is 1.82. The molecule has 0 spiro atoms. The molecular weight excluding hydrogens is 294 g/mol. The van der Waals surface area contributed by atoms with Gasteiger partial charge in [-0.15, -0.1) is 0 Å². The van der Waals surface area contributed by atoms with Crippen LogP contribution >= 0.6 is 0 Å². The van der Waals surface area contributed by atoms with Crippen LogP contribution in [0.25, 0.3) is 0 Å². The molecule has 2 amide bonds. The van der Waals surface area contributed by atoms with E-state index in [1.54, 1.807) is 38.1 Å². The summed E-state index contributed by atoms with van der Waals surface area (Å²) < 4.78 is 0. The third-order valence-electron chi connectivity index (χ3n) is 3.51. The van der Waals surface area contributed by atoms with Crippen LogP contribution in [0, 0.1) is 5.41 Å². The number of hydrogen-bond donors (Lipinski definition) is 2. The first-order chi connectivity index (χ1) is 10.6. The second kappa shape index (κ2) is 7.87. The average Bonchev–Trinajstić information content (AvgIpc) is 2.46. The Morgan fingerprint density at radius 3 is 2.35 bits per heavy atom. The van der Waals surface area contributed by atoms with E-state index in [0.717, 1.165) is 0 Å². The van der Waals surface area contributed by atoms with E-state index in [1.165, 1.54) is 6.92 Å². The summed E-state index contributed by atoms with van der Waals surface area (Å²) in [5.74, 6) is -0.832. The number of carbonyl (C=O) groups excluding carboxylic acids is 3. The normalized spacial score (nSPS) is 11.2. The quantitative estimate of drug-likeness (QED) is 0.590. The number of likely N-dealkylation sites (N-methyl/N-ethyl adjacent to an activating group) is 1. The fraction of sp³-hybridized carbons (Fsp3) is 0.471. The van der Waals surface area contributed by atoms with Crippen molar-refractivity contribution in [1.82, 2.24) is 10.2 Å². The molecular formula is C17H25N3O3. The molecule has 1 rings (SSSR count). The molecule has 0 aromatic heterocycles. The lowest BCUT2D eigenvalue weighted by Crippen LogP contribution is -2.46. The van der Waals surface area contributed by atoms with E-state index < -0.39 is 11.3 Å². The third kappa shape index (κ3) is 5.49. The number of amides is 2. The van der Waals surface area contributed by atoms with Gasteiger partial charge in [0.15, 0.2) is 5.78 Å². The predicted molar refractivity (Wildman–Crippen MR) is 90.4 cm³/mol. The molecule has 0 bridgehead atoms. The summed E-state index contributed by atoms with van der Waals surface area (Å²) >= 11 is 0. The van der Waals surface area contributed by atoms with Crippen LogP contribution in [0.1, 0.15) is 31.1 Å². The number of ketones is 1. The molecule has 0 saturated heterocycles. The molecule has 6 nitrogen and oxygen atoms in total. The van der Waals surface area contributed by atoms with Crippen LogP contribution in [0.3, 0.4) is 0 Å². The maximum absolute atomic E-state index is 12.4. The Bertz CT molecular complexity index is 595. The zero-order valence-electron chi connectivity index (χ0n) is 14.4. The summed E-state index contributed by atoms with van der Waals surface area (Å²) in [5.41, 5.74) is -0.202. The molecule has 2 N–H and O–H groups in total. The highest BCUT2D eigenvalue weighted by Gasteiger charge is 2.35. The Kier molecular flexibility index (Phi) is 6.45. The van der Waals surface area contributed by atoms with Crippen LogP contribution < -0.4 is 10.6 Å². The average molecular weight is 319 g/mol. The lowest BCUT2D eigenvalue weighted by atomic mass is 9.91. The molecule has 0 atom stereocenters. The van der Waals surface area contributed by atoms with Crippen LogP contribution in [-0.2, 0) is 9.59 Å². The minimum Gasteiger partial charge on any atom is -0.354 e. The van der Waals surface area contributed by atoms with E-state index in [0.29, 0.717) is 24.3 Å². The fourth-order valence-corrected chi connectivity index (χ4v) is 1.82. The number of nitrogens with one attached hydrogen (secondary N) is 2. The van der Waals surface area contributed by atoms with Gasteiger partial charge in [0.05, 0.1) is 0 Å². The van der Waals surface area contributed by atoms with Crippen molar-refractivity contribution >= 4 is 23.3 Å². The van der Waals surface area contributed by atoms with Gasteiger partial charge >= 0.3 is 0 Å². The number of rotatable bonds is 7. The zero-order chi connectivity index (χ0) is 17.6. The molecule has 0 aliphatic heterocycles. The molecule has 0 radical (unpaired) electrons. The van der Waals surface area contributed by atoms with Crippen LogP contribution in [0.5, 0.6) is 0 Å². The van der Waals surface area contributed by atoms with Gasteiger partial charge in [-0.2, -0.15) is 0 Å². The molecule has 126 valence electrons. The Hall–Kier alpha value is -2.21. The minimum absolute atomic E-state index is 0.0817. The Balaban J connectivity index is 2.73. The molecule has 0 saturated carbocycles. The zero-order valence-corrected chi connectivity index (χ0v) is 14.4. The number of hydrogen-bond acceptors (Lipinski definition) is 4. The minimum atomic E-state index is -1.21. The van der Waals surface area contributed by atoms with Gasteiger partial charge < -0.3 is 15.5 Å². The number of nitrogens with zero attached hydrogens (tertiary/aromatic N) is 1. The first kappa shape index (κ1) is 18.8. The van der Waals surface area contributed by atoms with Gasteiger partial charge in [0.25, 0.3) is 0 Å². The largest absolute Gasteiger partial charge is 0.354 e. The van der Waals surface area contributed by atoms with E-state index in [-0.39, 0.29) is 11.7 Å². The van der Waals surface area contributed by atoms with Gasteiger partial charge in [-0.1, -0.05) is 12.1 Å². The van der Waals surface area contributed by atoms with Gasteiger partial charge in [-0.3, -0.25) is 14.4 Å². The Morgan fingerprint density at radius 2 is 1.78 bits per heavy atom. The van der Waals surface area contributed by atoms with E-state index in [9.17, 15) is 14.4 Å². The van der Waals surface area contributed by atoms with Gasteiger partial charge in [0.2, 0.25) is 11.8 Å². The standard InChI is InChI=1S/C17H25N3O3/c1-12(21)13-7-6-8-14(11-13)19-16(23)17(2,3)15(22)18-9-10-20(4)5/h6-8,11H,9-10H2,1-5H3,(H,18,22)(H,19,23). The summed E-state index contributed by atoms with van der Waals surface area (Å²) in [6.07, 6.45) is 0. The molecule has 1 aromatic rings. The predicted octanol–water partition coefficient (Wildman–Crippen LogP) is 1.53. The Morgan fingerprint density at radius 1 is 1.13 bits per heavy atom. The lowest BCUT2D eigenvalue weighted by Gasteiger charge is -2.23. The molecule has 0 aliphatic carbocycles. The van der Waals surface area contributed by atoms with Crippen molar-refractivity contribution < 1.29 is 14.4 Å². The summed E-state index contributed by atoms with van der Waals surface area (Å²) in [5, 5.41) is 5.45. The molecule has 6 heteroatoms. The maximum Gasteiger partial charge on any atom is 0.239 e. The van der Waals surface area contributed by atoms with E-state index in [2.05, 4.69) is 10.6 Å². The third-order valence-corrected chi connectivity index (χ3v) is 3.51. The van der Waals surface area contributed by atoms with Crippen molar-refractivity contribution in [2.24, 2.45) is 5.41 Å². The molecule has 0 aliphatic rings. The second-order valence-electron chi connectivity index (χ2n) is 6.28. The first-order valence-electron chi connectivity index (χ1n) is 7.50. The van der Waals surface area contributed by atoms with E-state index in [4.69, 9.17) is 0 Å². The topological polar surface area (TPSA) is 78.5 Å². The molecule has 23 heavy (non-hydrogen) atoms. The highest BCUT2D eigenvalue weighted by Crippen LogP contribution is 2.20. The number of carbonyl (C=O) groups is 3. The number of anilines is 1. The molecule has 1 aromatic carbocycles. The van der Waals surface area contributed by atoms with Crippen molar-refractivity contribution in [3.8, 4) is 0 Å². The van der Waals surface area contributed by atoms with Crippen molar-refractivity contribution in [1.29, 1.82) is 0 Å². The summed E-state index contributed by atoms with van der Waals surface area (Å²) in [4.78, 5) is 37.9. The van der Waals surface area contributed by atoms with Crippen LogP contribution in [0.2, 0.25) is 0 Å². The highest BCUT2D eigenvalue weighted by atomic mass is 16.2. The number of Topliss-reactive ketones (excluding diaryl/α,β-unsaturated/α-hetero) is 1. The molecule has 0 fully saturated rings. The van der Waals surface area contributed by atoms with Gasteiger partial charge in [0.1, 0.15) is 5.41 Å². The van der Waals surface area contributed by atoms with E-state index >= 15 is 0 Å². The van der Waals surface area contributed by atoms with Crippen molar-refractivity contribution in [3.05, 3.63) is 29.8 Å². The van der Waals surface area contributed by atoms with Crippen molar-refractivity contribution in [3.63, 3.8) is 0 Å². The number of benzene rings is 1. The van der Waals surface area contributed by atoms with Crippen LogP contribution in [0.15, 0.2) is 24.3 Å². The molecule has 0 unspecified atom stereocenters. The van der Waals surface area contributed by atoms with E-state index in [1.807, 2.05) is 19.0 Å².